The molecule has 1 amide bonds. The zero-order chi connectivity index (χ0) is 16.2. The summed E-state index contributed by atoms with van der Waals surface area (Å²) < 4.78 is 10.7. The van der Waals surface area contributed by atoms with E-state index in [1.54, 1.807) is 19.5 Å². The van der Waals surface area contributed by atoms with Crippen LogP contribution in [0.4, 0.5) is 0 Å². The zero-order valence-electron chi connectivity index (χ0n) is 13.6. The van der Waals surface area contributed by atoms with E-state index in [1.165, 1.54) is 0 Å². The molecule has 1 aromatic rings. The van der Waals surface area contributed by atoms with E-state index in [9.17, 15) is 4.79 Å². The van der Waals surface area contributed by atoms with Gasteiger partial charge in [0.15, 0.2) is 5.75 Å². The number of methoxy groups -OCH3 is 1. The normalized spacial score (nSPS) is 19.0. The lowest BCUT2D eigenvalue weighted by Crippen LogP contribution is -2.45. The Morgan fingerprint density at radius 3 is 2.68 bits per heavy atom. The summed E-state index contributed by atoms with van der Waals surface area (Å²) in [6.45, 7) is 7.84. The molecule has 7 heteroatoms. The first-order valence-electron chi connectivity index (χ1n) is 7.42. The molecule has 1 saturated heterocycles. The van der Waals surface area contributed by atoms with Gasteiger partial charge in [0.05, 0.1) is 26.0 Å². The van der Waals surface area contributed by atoms with Crippen LogP contribution < -0.4 is 14.8 Å². The lowest BCUT2D eigenvalue weighted by molar-refractivity contribution is -0.123. The van der Waals surface area contributed by atoms with Crippen LogP contribution in [0.2, 0.25) is 0 Å². The molecule has 1 aromatic heterocycles. The van der Waals surface area contributed by atoms with Crippen LogP contribution in [0.25, 0.3) is 0 Å². The quantitative estimate of drug-likeness (QED) is 0.869. The summed E-state index contributed by atoms with van der Waals surface area (Å²) in [6, 6.07) is 0.340. The van der Waals surface area contributed by atoms with Crippen LogP contribution in [0.3, 0.4) is 0 Å². The van der Waals surface area contributed by atoms with Gasteiger partial charge in [-0.25, -0.2) is 0 Å². The van der Waals surface area contributed by atoms with Crippen LogP contribution in [0, 0.1) is 0 Å². The van der Waals surface area contributed by atoms with E-state index in [0.717, 1.165) is 13.0 Å². The van der Waals surface area contributed by atoms with E-state index in [2.05, 4.69) is 20.2 Å². The Bertz CT molecular complexity index is 499. The number of carbonyl (C=O) groups excluding carboxylic acids is 1. The number of likely N-dealkylation sites (tertiary alicyclic amines) is 1. The first-order valence-corrected chi connectivity index (χ1v) is 7.42. The van der Waals surface area contributed by atoms with Gasteiger partial charge in [0.1, 0.15) is 6.10 Å². The highest BCUT2D eigenvalue weighted by Crippen LogP contribution is 2.16. The number of carbonyl (C=O) groups is 1. The van der Waals surface area contributed by atoms with Crippen LogP contribution in [0.5, 0.6) is 11.8 Å². The fourth-order valence-electron chi connectivity index (χ4n) is 2.32. The standard InChI is InChI=1S/C15H24N4O3/c1-15(2,3)18-13(20)10-19-6-5-11(9-19)22-14-16-7-12(21-4)8-17-14/h7-8,11H,5-6,9-10H2,1-4H3,(H,18,20). The van der Waals surface area contributed by atoms with E-state index < -0.39 is 0 Å². The predicted molar refractivity (Wildman–Crippen MR) is 82.0 cm³/mol. The summed E-state index contributed by atoms with van der Waals surface area (Å²) in [5.74, 6) is 0.632. The van der Waals surface area contributed by atoms with Crippen LogP contribution >= 0.6 is 0 Å². The van der Waals surface area contributed by atoms with Crippen LogP contribution in [0.15, 0.2) is 12.4 Å². The molecule has 1 atom stereocenters. The van der Waals surface area contributed by atoms with E-state index >= 15 is 0 Å². The summed E-state index contributed by atoms with van der Waals surface area (Å²) >= 11 is 0. The average Bonchev–Trinajstić information content (AvgIpc) is 2.84. The minimum absolute atomic E-state index is 0.0100. The number of hydrogen-bond acceptors (Lipinski definition) is 6. The Morgan fingerprint density at radius 1 is 1.41 bits per heavy atom. The SMILES string of the molecule is COc1cnc(OC2CCN(CC(=O)NC(C)(C)C)C2)nc1. The molecule has 0 bridgehead atoms. The summed E-state index contributed by atoms with van der Waals surface area (Å²) in [7, 11) is 1.57. The van der Waals surface area contributed by atoms with Crippen molar-refractivity contribution >= 4 is 5.91 Å². The molecule has 0 aliphatic carbocycles. The van der Waals surface area contributed by atoms with Crippen molar-refractivity contribution in [2.24, 2.45) is 0 Å². The molecule has 0 radical (unpaired) electrons. The minimum Gasteiger partial charge on any atom is -0.494 e. The molecule has 2 heterocycles. The lowest BCUT2D eigenvalue weighted by Gasteiger charge is -2.23. The Labute approximate surface area is 131 Å². The van der Waals surface area contributed by atoms with Gasteiger partial charge in [0.25, 0.3) is 0 Å². The molecule has 22 heavy (non-hydrogen) atoms. The molecule has 1 aliphatic heterocycles. The minimum atomic E-state index is -0.205. The molecule has 1 N–H and O–H groups in total. The Balaban J connectivity index is 1.78. The molecular formula is C15H24N4O3. The number of nitrogens with one attached hydrogen (secondary N) is 1. The fourth-order valence-corrected chi connectivity index (χ4v) is 2.32. The van der Waals surface area contributed by atoms with Crippen molar-refractivity contribution < 1.29 is 14.3 Å². The maximum Gasteiger partial charge on any atom is 0.316 e. The van der Waals surface area contributed by atoms with Crippen LogP contribution in [-0.4, -0.2) is 59.2 Å². The van der Waals surface area contributed by atoms with Gasteiger partial charge in [-0.1, -0.05) is 0 Å². The molecular weight excluding hydrogens is 284 g/mol. The van der Waals surface area contributed by atoms with Crippen molar-refractivity contribution in [1.29, 1.82) is 0 Å². The molecule has 1 unspecified atom stereocenters. The second-order valence-electron chi connectivity index (χ2n) is 6.47. The highest BCUT2D eigenvalue weighted by Gasteiger charge is 2.27. The van der Waals surface area contributed by atoms with Crippen LogP contribution in [0.1, 0.15) is 27.2 Å². The van der Waals surface area contributed by atoms with Crippen molar-refractivity contribution in [3.63, 3.8) is 0 Å². The second kappa shape index (κ2) is 6.91. The number of ether oxygens (including phenoxy) is 2. The smallest absolute Gasteiger partial charge is 0.316 e. The third-order valence-corrected chi connectivity index (χ3v) is 3.22. The summed E-state index contributed by atoms with van der Waals surface area (Å²) in [5, 5.41) is 2.96. The van der Waals surface area contributed by atoms with Gasteiger partial charge in [0.2, 0.25) is 5.91 Å². The highest BCUT2D eigenvalue weighted by atomic mass is 16.5. The van der Waals surface area contributed by atoms with Gasteiger partial charge >= 0.3 is 6.01 Å². The van der Waals surface area contributed by atoms with Crippen LogP contribution in [-0.2, 0) is 4.79 Å². The molecule has 7 nitrogen and oxygen atoms in total. The summed E-state index contributed by atoms with van der Waals surface area (Å²) in [4.78, 5) is 22.2. The average molecular weight is 308 g/mol. The van der Waals surface area contributed by atoms with Gasteiger partial charge < -0.3 is 14.8 Å². The maximum atomic E-state index is 11.9. The summed E-state index contributed by atoms with van der Waals surface area (Å²) in [6.07, 6.45) is 4.02. The third kappa shape index (κ3) is 5.14. The lowest BCUT2D eigenvalue weighted by atomic mass is 10.1. The van der Waals surface area contributed by atoms with E-state index in [0.29, 0.717) is 24.8 Å². The second-order valence-corrected chi connectivity index (χ2v) is 6.47. The van der Waals surface area contributed by atoms with Crippen molar-refractivity contribution in [2.75, 3.05) is 26.7 Å². The number of rotatable bonds is 5. The largest absolute Gasteiger partial charge is 0.494 e. The number of amides is 1. The maximum absolute atomic E-state index is 11.9. The number of hydrogen-bond donors (Lipinski definition) is 1. The Hall–Kier alpha value is -1.89. The molecule has 1 aliphatic rings. The van der Waals surface area contributed by atoms with Gasteiger partial charge in [-0.05, 0) is 27.2 Å². The molecule has 0 aromatic carbocycles. The first-order chi connectivity index (χ1) is 10.4. The third-order valence-electron chi connectivity index (χ3n) is 3.22. The molecule has 0 spiro atoms. The Kier molecular flexibility index (Phi) is 5.18. The Morgan fingerprint density at radius 2 is 2.09 bits per heavy atom. The summed E-state index contributed by atoms with van der Waals surface area (Å²) in [5.41, 5.74) is -0.205. The topological polar surface area (TPSA) is 76.6 Å². The molecule has 1 fully saturated rings. The van der Waals surface area contributed by atoms with Gasteiger partial charge in [-0.2, -0.15) is 9.97 Å². The van der Waals surface area contributed by atoms with Crippen molar-refractivity contribution in [2.45, 2.75) is 38.8 Å². The zero-order valence-corrected chi connectivity index (χ0v) is 13.6. The molecule has 2 rings (SSSR count). The van der Waals surface area contributed by atoms with Gasteiger partial charge in [0, 0.05) is 18.6 Å². The van der Waals surface area contributed by atoms with Gasteiger partial charge in [-0.3, -0.25) is 9.69 Å². The first kappa shape index (κ1) is 16.5. The van der Waals surface area contributed by atoms with E-state index in [-0.39, 0.29) is 17.6 Å². The number of nitrogens with zero attached hydrogens (tertiary/aromatic N) is 3. The number of aromatic nitrogens is 2. The van der Waals surface area contributed by atoms with Crippen molar-refractivity contribution in [1.82, 2.24) is 20.2 Å². The predicted octanol–water partition coefficient (Wildman–Crippen LogP) is 0.853. The molecule has 0 saturated carbocycles. The van der Waals surface area contributed by atoms with Crippen molar-refractivity contribution in [3.8, 4) is 11.8 Å². The fraction of sp³-hybridized carbons (Fsp3) is 0.667. The van der Waals surface area contributed by atoms with E-state index in [1.807, 2.05) is 20.8 Å². The highest BCUT2D eigenvalue weighted by molar-refractivity contribution is 5.78. The monoisotopic (exact) mass is 308 g/mol. The van der Waals surface area contributed by atoms with Crippen molar-refractivity contribution in [3.05, 3.63) is 12.4 Å². The van der Waals surface area contributed by atoms with E-state index in [4.69, 9.17) is 9.47 Å². The van der Waals surface area contributed by atoms with Gasteiger partial charge in [-0.15, -0.1) is 0 Å². The molecule has 122 valence electrons.